The monoisotopic (exact) mass is 195 g/mol. The second kappa shape index (κ2) is 2.73. The molecule has 2 rings (SSSR count). The largest absolute Gasteiger partial charge is 0.327 e. The molecular weight excluding hydrogens is 182 g/mol. The van der Waals surface area contributed by atoms with Gasteiger partial charge in [-0.15, -0.1) is 0 Å². The molecule has 1 fully saturated rings. The molecule has 1 aliphatic carbocycles. The Balaban J connectivity index is 2.29. The van der Waals surface area contributed by atoms with Crippen LogP contribution in [0.1, 0.15) is 25.3 Å². The van der Waals surface area contributed by atoms with Crippen LogP contribution in [0.4, 0.5) is 0 Å². The predicted octanol–water partition coefficient (Wildman–Crippen LogP) is 2.79. The van der Waals surface area contributed by atoms with Gasteiger partial charge in [0.2, 0.25) is 0 Å². The fourth-order valence-electron chi connectivity index (χ4n) is 2.01. The highest BCUT2D eigenvalue weighted by atomic mass is 35.5. The Hall–Kier alpha value is -0.530. The second-order valence-corrected chi connectivity index (χ2v) is 4.82. The molecular formula is C11H14ClN. The standard InChI is InChI=1S/C11H14ClN/c1-11(2)9(10(11)13)7-4-3-5-8(12)6-7/h3-6,9-10H,13H2,1-2H3/t9-,10-/m0/s1. The zero-order chi connectivity index (χ0) is 9.64. The summed E-state index contributed by atoms with van der Waals surface area (Å²) in [5.74, 6) is 0.478. The van der Waals surface area contributed by atoms with Crippen LogP contribution in [0, 0.1) is 5.41 Å². The van der Waals surface area contributed by atoms with Crippen molar-refractivity contribution in [2.75, 3.05) is 0 Å². The van der Waals surface area contributed by atoms with Crippen LogP contribution < -0.4 is 5.73 Å². The highest BCUT2D eigenvalue weighted by molar-refractivity contribution is 6.30. The van der Waals surface area contributed by atoms with Gasteiger partial charge in [-0.1, -0.05) is 37.6 Å². The van der Waals surface area contributed by atoms with Crippen LogP contribution >= 0.6 is 11.6 Å². The highest BCUT2D eigenvalue weighted by Crippen LogP contribution is 2.57. The maximum absolute atomic E-state index is 5.98. The lowest BCUT2D eigenvalue weighted by Gasteiger charge is -2.02. The van der Waals surface area contributed by atoms with E-state index >= 15 is 0 Å². The molecule has 1 nitrogen and oxygen atoms in total. The molecule has 1 saturated carbocycles. The first-order chi connectivity index (χ1) is 6.03. The van der Waals surface area contributed by atoms with Crippen LogP contribution in [0.25, 0.3) is 0 Å². The van der Waals surface area contributed by atoms with Gasteiger partial charge in [-0.2, -0.15) is 0 Å². The Kier molecular flexibility index (Phi) is 1.90. The van der Waals surface area contributed by atoms with Crippen molar-refractivity contribution in [3.8, 4) is 0 Å². The van der Waals surface area contributed by atoms with Crippen LogP contribution in [0.3, 0.4) is 0 Å². The van der Waals surface area contributed by atoms with Crippen molar-refractivity contribution in [3.05, 3.63) is 34.9 Å². The summed E-state index contributed by atoms with van der Waals surface area (Å²) in [6, 6.07) is 8.28. The molecule has 1 aliphatic rings. The van der Waals surface area contributed by atoms with Crippen LogP contribution in [-0.4, -0.2) is 6.04 Å². The molecule has 2 atom stereocenters. The molecule has 2 N–H and O–H groups in total. The third-order valence-electron chi connectivity index (χ3n) is 3.12. The fourth-order valence-corrected chi connectivity index (χ4v) is 2.21. The molecule has 1 aromatic carbocycles. The first-order valence-corrected chi connectivity index (χ1v) is 4.92. The Morgan fingerprint density at radius 1 is 1.38 bits per heavy atom. The zero-order valence-corrected chi connectivity index (χ0v) is 8.68. The lowest BCUT2D eigenvalue weighted by atomic mass is 10.0. The number of hydrogen-bond donors (Lipinski definition) is 1. The SMILES string of the molecule is CC1(C)[C@@H](N)[C@@H]1c1cccc(Cl)c1. The topological polar surface area (TPSA) is 26.0 Å². The lowest BCUT2D eigenvalue weighted by Crippen LogP contribution is -2.06. The number of hydrogen-bond acceptors (Lipinski definition) is 1. The van der Waals surface area contributed by atoms with Gasteiger partial charge in [0.05, 0.1) is 0 Å². The molecule has 1 aromatic rings. The van der Waals surface area contributed by atoms with Crippen LogP contribution in [-0.2, 0) is 0 Å². The van der Waals surface area contributed by atoms with Crippen LogP contribution in [0.2, 0.25) is 5.02 Å². The molecule has 13 heavy (non-hydrogen) atoms. The molecule has 0 radical (unpaired) electrons. The Bertz CT molecular complexity index is 333. The van der Waals surface area contributed by atoms with Gasteiger partial charge in [0.15, 0.2) is 0 Å². The van der Waals surface area contributed by atoms with Crippen molar-refractivity contribution in [2.24, 2.45) is 11.1 Å². The summed E-state index contributed by atoms with van der Waals surface area (Å²) in [4.78, 5) is 0. The van der Waals surface area contributed by atoms with Crippen molar-refractivity contribution in [2.45, 2.75) is 25.8 Å². The van der Waals surface area contributed by atoms with E-state index in [1.165, 1.54) is 5.56 Å². The Morgan fingerprint density at radius 2 is 2.00 bits per heavy atom. The molecule has 0 unspecified atom stereocenters. The highest BCUT2D eigenvalue weighted by Gasteiger charge is 2.55. The first kappa shape index (κ1) is 9.04. The van der Waals surface area contributed by atoms with E-state index in [2.05, 4.69) is 19.9 Å². The fraction of sp³-hybridized carbons (Fsp3) is 0.455. The van der Waals surface area contributed by atoms with E-state index in [1.54, 1.807) is 0 Å². The van der Waals surface area contributed by atoms with Gasteiger partial charge in [-0.3, -0.25) is 0 Å². The van der Waals surface area contributed by atoms with Crippen molar-refractivity contribution in [3.63, 3.8) is 0 Å². The summed E-state index contributed by atoms with van der Waals surface area (Å²) < 4.78 is 0. The summed E-state index contributed by atoms with van der Waals surface area (Å²) in [7, 11) is 0. The van der Waals surface area contributed by atoms with Crippen LogP contribution in [0.5, 0.6) is 0 Å². The maximum atomic E-state index is 5.98. The number of rotatable bonds is 1. The van der Waals surface area contributed by atoms with Gasteiger partial charge >= 0.3 is 0 Å². The first-order valence-electron chi connectivity index (χ1n) is 4.54. The molecule has 2 heteroatoms. The van der Waals surface area contributed by atoms with Crippen molar-refractivity contribution in [1.29, 1.82) is 0 Å². The quantitative estimate of drug-likeness (QED) is 0.733. The van der Waals surface area contributed by atoms with Crippen molar-refractivity contribution in [1.82, 2.24) is 0 Å². The minimum atomic E-state index is 0.241. The molecule has 0 aromatic heterocycles. The van der Waals surface area contributed by atoms with Gasteiger partial charge in [-0.25, -0.2) is 0 Å². The summed E-state index contributed by atoms with van der Waals surface area (Å²) in [6.07, 6.45) is 0. The van der Waals surface area contributed by atoms with Crippen LogP contribution in [0.15, 0.2) is 24.3 Å². The summed E-state index contributed by atoms with van der Waals surface area (Å²) in [5, 5.41) is 0.799. The number of nitrogens with two attached hydrogens (primary N) is 1. The maximum Gasteiger partial charge on any atom is 0.0408 e. The summed E-state index contributed by atoms with van der Waals surface area (Å²) in [6.45, 7) is 4.40. The Labute approximate surface area is 83.9 Å². The van der Waals surface area contributed by atoms with Crippen molar-refractivity contribution < 1.29 is 0 Å². The van der Waals surface area contributed by atoms with E-state index in [1.807, 2.05) is 18.2 Å². The lowest BCUT2D eigenvalue weighted by molar-refractivity contribution is 0.599. The minimum absolute atomic E-state index is 0.241. The zero-order valence-electron chi connectivity index (χ0n) is 7.92. The second-order valence-electron chi connectivity index (χ2n) is 4.38. The van der Waals surface area contributed by atoms with Gasteiger partial charge < -0.3 is 5.73 Å². The molecule has 0 saturated heterocycles. The van der Waals surface area contributed by atoms with Gasteiger partial charge in [0.1, 0.15) is 0 Å². The minimum Gasteiger partial charge on any atom is -0.327 e. The van der Waals surface area contributed by atoms with E-state index < -0.39 is 0 Å². The molecule has 0 amide bonds. The average Bonchev–Trinajstić information content (AvgIpc) is 2.51. The Morgan fingerprint density at radius 3 is 2.46 bits per heavy atom. The van der Waals surface area contributed by atoms with E-state index in [0.29, 0.717) is 5.92 Å². The van der Waals surface area contributed by atoms with Gasteiger partial charge in [-0.05, 0) is 23.1 Å². The number of halogens is 1. The smallest absolute Gasteiger partial charge is 0.0408 e. The van der Waals surface area contributed by atoms with E-state index in [-0.39, 0.29) is 11.5 Å². The molecule has 0 spiro atoms. The molecule has 0 heterocycles. The van der Waals surface area contributed by atoms with E-state index in [4.69, 9.17) is 17.3 Å². The average molecular weight is 196 g/mol. The molecule has 0 bridgehead atoms. The van der Waals surface area contributed by atoms with Crippen molar-refractivity contribution >= 4 is 11.6 Å². The normalized spacial score (nSPS) is 30.2. The van der Waals surface area contributed by atoms with Gasteiger partial charge in [0.25, 0.3) is 0 Å². The van der Waals surface area contributed by atoms with E-state index in [0.717, 1.165) is 5.02 Å². The molecule has 0 aliphatic heterocycles. The number of benzene rings is 1. The third kappa shape index (κ3) is 1.36. The third-order valence-corrected chi connectivity index (χ3v) is 3.35. The molecule has 70 valence electrons. The summed E-state index contributed by atoms with van der Waals surface area (Å²) in [5.41, 5.74) is 7.49. The van der Waals surface area contributed by atoms with E-state index in [9.17, 15) is 0 Å². The van der Waals surface area contributed by atoms with Gasteiger partial charge in [0, 0.05) is 17.0 Å². The predicted molar refractivity (Wildman–Crippen MR) is 55.9 cm³/mol. The summed E-state index contributed by atoms with van der Waals surface area (Å²) >= 11 is 5.92.